The molecule has 1 N–H and O–H groups in total. The van der Waals surface area contributed by atoms with Gasteiger partial charge in [0.05, 0.1) is 6.61 Å². The molecule has 18 heavy (non-hydrogen) atoms. The van der Waals surface area contributed by atoms with Crippen LogP contribution in [0.2, 0.25) is 0 Å². The van der Waals surface area contributed by atoms with Crippen LogP contribution in [0.15, 0.2) is 30.3 Å². The second-order valence-corrected chi connectivity index (χ2v) is 5.88. The van der Waals surface area contributed by atoms with Crippen LogP contribution in [-0.4, -0.2) is 19.8 Å². The van der Waals surface area contributed by atoms with Crippen molar-refractivity contribution in [3.63, 3.8) is 0 Å². The number of rotatable bonds is 7. The first-order valence-electron chi connectivity index (χ1n) is 6.89. The summed E-state index contributed by atoms with van der Waals surface area (Å²) in [6, 6.07) is 11.1. The van der Waals surface area contributed by atoms with E-state index in [1.54, 1.807) is 0 Å². The summed E-state index contributed by atoms with van der Waals surface area (Å²) in [4.78, 5) is 0. The normalized spacial score (nSPS) is 13.6. The number of nitrogens with one attached hydrogen (secondary N) is 1. The first-order chi connectivity index (χ1) is 8.53. The van der Waals surface area contributed by atoms with E-state index < -0.39 is 0 Å². The Kier molecular flexibility index (Phi) is 6.37. The zero-order valence-corrected chi connectivity index (χ0v) is 12.2. The number of hydrogen-bond acceptors (Lipinski definition) is 2. The Bertz CT molecular complexity index is 316. The molecule has 0 heterocycles. The maximum atomic E-state index is 5.39. The summed E-state index contributed by atoms with van der Waals surface area (Å²) in [6.07, 6.45) is 1.13. The van der Waals surface area contributed by atoms with E-state index in [1.807, 2.05) is 6.92 Å². The van der Waals surface area contributed by atoms with Gasteiger partial charge in [-0.15, -0.1) is 0 Å². The Hall–Kier alpha value is -0.860. The smallest absolute Gasteiger partial charge is 0.0590 e. The predicted molar refractivity (Wildman–Crippen MR) is 77.8 cm³/mol. The largest absolute Gasteiger partial charge is 0.380 e. The Morgan fingerprint density at radius 1 is 1.17 bits per heavy atom. The third-order valence-corrected chi connectivity index (χ3v) is 2.86. The van der Waals surface area contributed by atoms with E-state index in [0.29, 0.717) is 11.5 Å². The Labute approximate surface area is 112 Å². The van der Waals surface area contributed by atoms with Crippen molar-refractivity contribution in [1.29, 1.82) is 0 Å². The highest BCUT2D eigenvalue weighted by molar-refractivity contribution is 5.19. The third-order valence-electron chi connectivity index (χ3n) is 2.86. The van der Waals surface area contributed by atoms with Gasteiger partial charge in [-0.3, -0.25) is 0 Å². The molecule has 1 aromatic carbocycles. The van der Waals surface area contributed by atoms with Crippen LogP contribution < -0.4 is 5.32 Å². The van der Waals surface area contributed by atoms with Crippen molar-refractivity contribution in [2.45, 2.75) is 40.2 Å². The lowest BCUT2D eigenvalue weighted by Crippen LogP contribution is -2.28. The van der Waals surface area contributed by atoms with Gasteiger partial charge in [0.15, 0.2) is 0 Å². The van der Waals surface area contributed by atoms with Gasteiger partial charge < -0.3 is 10.1 Å². The molecular formula is C16H27NO. The standard InChI is InChI=1S/C16H27NO/c1-5-18-12-11-17-15(13-16(2,3)4)14-9-7-6-8-10-14/h6-10,15,17H,5,11-13H2,1-4H3. The highest BCUT2D eigenvalue weighted by Gasteiger charge is 2.19. The molecule has 1 rings (SSSR count). The van der Waals surface area contributed by atoms with Crippen LogP contribution in [0.25, 0.3) is 0 Å². The van der Waals surface area contributed by atoms with Gasteiger partial charge in [0.2, 0.25) is 0 Å². The van der Waals surface area contributed by atoms with E-state index in [0.717, 1.165) is 26.2 Å². The molecule has 0 aromatic heterocycles. The van der Waals surface area contributed by atoms with Gasteiger partial charge in [-0.25, -0.2) is 0 Å². The Morgan fingerprint density at radius 3 is 2.39 bits per heavy atom. The predicted octanol–water partition coefficient (Wildman–Crippen LogP) is 3.79. The minimum atomic E-state index is 0.319. The number of benzene rings is 1. The zero-order valence-electron chi connectivity index (χ0n) is 12.2. The molecule has 0 spiro atoms. The second-order valence-electron chi connectivity index (χ2n) is 5.88. The monoisotopic (exact) mass is 249 g/mol. The molecule has 2 nitrogen and oxygen atoms in total. The molecule has 1 atom stereocenters. The van der Waals surface area contributed by atoms with Crippen molar-refractivity contribution < 1.29 is 4.74 Å². The van der Waals surface area contributed by atoms with E-state index in [-0.39, 0.29) is 0 Å². The molecule has 1 unspecified atom stereocenters. The quantitative estimate of drug-likeness (QED) is 0.742. The van der Waals surface area contributed by atoms with Crippen LogP contribution >= 0.6 is 0 Å². The van der Waals surface area contributed by atoms with E-state index in [4.69, 9.17) is 4.74 Å². The van der Waals surface area contributed by atoms with Crippen LogP contribution in [0.1, 0.15) is 45.7 Å². The van der Waals surface area contributed by atoms with E-state index >= 15 is 0 Å². The summed E-state index contributed by atoms with van der Waals surface area (Å²) in [5.41, 5.74) is 1.68. The van der Waals surface area contributed by atoms with Crippen molar-refractivity contribution in [3.05, 3.63) is 35.9 Å². The molecule has 0 saturated carbocycles. The van der Waals surface area contributed by atoms with Crippen LogP contribution in [0, 0.1) is 5.41 Å². The van der Waals surface area contributed by atoms with Gasteiger partial charge in [0.1, 0.15) is 0 Å². The van der Waals surface area contributed by atoms with Crippen molar-refractivity contribution in [3.8, 4) is 0 Å². The topological polar surface area (TPSA) is 21.3 Å². The third kappa shape index (κ3) is 6.18. The molecule has 0 aliphatic rings. The fraction of sp³-hybridized carbons (Fsp3) is 0.625. The average molecular weight is 249 g/mol. The van der Waals surface area contributed by atoms with E-state index in [1.165, 1.54) is 5.56 Å². The Morgan fingerprint density at radius 2 is 1.83 bits per heavy atom. The first kappa shape index (κ1) is 15.2. The van der Waals surface area contributed by atoms with Crippen LogP contribution in [0.4, 0.5) is 0 Å². The summed E-state index contributed by atoms with van der Waals surface area (Å²) in [5, 5.41) is 3.60. The van der Waals surface area contributed by atoms with Crippen molar-refractivity contribution >= 4 is 0 Å². The van der Waals surface area contributed by atoms with Crippen LogP contribution in [-0.2, 0) is 4.74 Å². The average Bonchev–Trinajstić information content (AvgIpc) is 2.33. The number of hydrogen-bond donors (Lipinski definition) is 1. The van der Waals surface area contributed by atoms with Crippen LogP contribution in [0.5, 0.6) is 0 Å². The molecule has 0 aliphatic carbocycles. The molecule has 102 valence electrons. The number of ether oxygens (including phenoxy) is 1. The zero-order chi connectivity index (χ0) is 13.4. The van der Waals surface area contributed by atoms with Gasteiger partial charge in [0.25, 0.3) is 0 Å². The minimum Gasteiger partial charge on any atom is -0.380 e. The van der Waals surface area contributed by atoms with Crippen molar-refractivity contribution in [2.24, 2.45) is 5.41 Å². The SMILES string of the molecule is CCOCCNC(CC(C)(C)C)c1ccccc1. The minimum absolute atomic E-state index is 0.319. The van der Waals surface area contributed by atoms with Gasteiger partial charge in [-0.1, -0.05) is 51.1 Å². The fourth-order valence-electron chi connectivity index (χ4n) is 2.06. The van der Waals surface area contributed by atoms with Gasteiger partial charge in [-0.2, -0.15) is 0 Å². The molecule has 0 fully saturated rings. The second kappa shape index (κ2) is 7.55. The molecule has 0 amide bonds. The lowest BCUT2D eigenvalue weighted by Gasteiger charge is -2.27. The molecule has 0 bridgehead atoms. The molecule has 0 radical (unpaired) electrons. The maximum absolute atomic E-state index is 5.39. The summed E-state index contributed by atoms with van der Waals surface area (Å²) in [6.45, 7) is 11.4. The van der Waals surface area contributed by atoms with Gasteiger partial charge in [-0.05, 0) is 24.3 Å². The van der Waals surface area contributed by atoms with Gasteiger partial charge in [0, 0.05) is 19.2 Å². The summed E-state index contributed by atoms with van der Waals surface area (Å²) < 4.78 is 5.39. The lowest BCUT2D eigenvalue weighted by atomic mass is 9.85. The van der Waals surface area contributed by atoms with E-state index in [9.17, 15) is 0 Å². The molecule has 0 aliphatic heterocycles. The summed E-state index contributed by atoms with van der Waals surface area (Å²) in [7, 11) is 0. The first-order valence-corrected chi connectivity index (χ1v) is 6.89. The highest BCUT2D eigenvalue weighted by Crippen LogP contribution is 2.29. The van der Waals surface area contributed by atoms with Crippen molar-refractivity contribution in [2.75, 3.05) is 19.8 Å². The summed E-state index contributed by atoms with van der Waals surface area (Å²) in [5.74, 6) is 0. The highest BCUT2D eigenvalue weighted by atomic mass is 16.5. The Balaban J connectivity index is 2.58. The molecule has 0 saturated heterocycles. The summed E-state index contributed by atoms with van der Waals surface area (Å²) >= 11 is 0. The maximum Gasteiger partial charge on any atom is 0.0590 e. The molecule has 1 aromatic rings. The van der Waals surface area contributed by atoms with E-state index in [2.05, 4.69) is 56.4 Å². The fourth-order valence-corrected chi connectivity index (χ4v) is 2.06. The van der Waals surface area contributed by atoms with Gasteiger partial charge >= 0.3 is 0 Å². The lowest BCUT2D eigenvalue weighted by molar-refractivity contribution is 0.144. The molecule has 2 heteroatoms. The van der Waals surface area contributed by atoms with Crippen LogP contribution in [0.3, 0.4) is 0 Å². The molecular weight excluding hydrogens is 222 g/mol. The van der Waals surface area contributed by atoms with Crippen molar-refractivity contribution in [1.82, 2.24) is 5.32 Å².